The van der Waals surface area contributed by atoms with Crippen molar-refractivity contribution in [2.24, 2.45) is 0 Å². The van der Waals surface area contributed by atoms with Crippen LogP contribution in [0, 0.1) is 0 Å². The van der Waals surface area contributed by atoms with Gasteiger partial charge in [-0.1, -0.05) is 0 Å². The van der Waals surface area contributed by atoms with E-state index in [-0.39, 0.29) is 18.0 Å². The zero-order valence-corrected chi connectivity index (χ0v) is 13.9. The zero-order valence-electron chi connectivity index (χ0n) is 13.9. The Hall–Kier alpha value is -2.31. The van der Waals surface area contributed by atoms with Crippen LogP contribution in [0.4, 0.5) is 10.6 Å². The molecule has 0 bridgehead atoms. The summed E-state index contributed by atoms with van der Waals surface area (Å²) in [5.41, 5.74) is 0.594. The number of nitrogens with zero attached hydrogens (tertiary/aromatic N) is 3. The molecule has 0 aromatic carbocycles. The number of amides is 2. The summed E-state index contributed by atoms with van der Waals surface area (Å²) in [6.07, 6.45) is 2.82. The highest BCUT2D eigenvalue weighted by atomic mass is 16.6. The monoisotopic (exact) mass is 320 g/mol. The van der Waals surface area contributed by atoms with Crippen LogP contribution in [0.25, 0.3) is 0 Å². The SMILES string of the molecule is CCOC(=O)N1CCC(NC(=O)c2ccnc(N(C)C)c2)CC1. The number of aromatic nitrogens is 1. The fourth-order valence-electron chi connectivity index (χ4n) is 2.49. The average molecular weight is 320 g/mol. The normalized spacial score (nSPS) is 15.2. The van der Waals surface area contributed by atoms with Crippen LogP contribution in [-0.2, 0) is 4.74 Å². The van der Waals surface area contributed by atoms with Gasteiger partial charge in [0.1, 0.15) is 5.82 Å². The van der Waals surface area contributed by atoms with Crippen molar-refractivity contribution in [3.8, 4) is 0 Å². The van der Waals surface area contributed by atoms with E-state index in [2.05, 4.69) is 10.3 Å². The van der Waals surface area contributed by atoms with Gasteiger partial charge in [-0.3, -0.25) is 4.79 Å². The van der Waals surface area contributed by atoms with Gasteiger partial charge in [0, 0.05) is 45.0 Å². The molecule has 1 aliphatic heterocycles. The van der Waals surface area contributed by atoms with E-state index in [1.165, 1.54) is 0 Å². The van der Waals surface area contributed by atoms with Crippen molar-refractivity contribution in [1.29, 1.82) is 0 Å². The third kappa shape index (κ3) is 4.58. The molecule has 2 amide bonds. The molecule has 0 spiro atoms. The van der Waals surface area contributed by atoms with Crippen molar-refractivity contribution in [2.75, 3.05) is 38.7 Å². The quantitative estimate of drug-likeness (QED) is 0.910. The standard InChI is InChI=1S/C16H24N4O3/c1-4-23-16(22)20-9-6-13(7-10-20)18-15(21)12-5-8-17-14(11-12)19(2)3/h5,8,11,13H,4,6-7,9-10H2,1-3H3,(H,18,21). The highest BCUT2D eigenvalue weighted by Gasteiger charge is 2.24. The third-order valence-corrected chi connectivity index (χ3v) is 3.82. The summed E-state index contributed by atoms with van der Waals surface area (Å²) in [5, 5.41) is 3.03. The summed E-state index contributed by atoms with van der Waals surface area (Å²) in [6.45, 7) is 3.37. The highest BCUT2D eigenvalue weighted by molar-refractivity contribution is 5.95. The van der Waals surface area contributed by atoms with Gasteiger partial charge in [0.05, 0.1) is 6.61 Å². The van der Waals surface area contributed by atoms with Crippen LogP contribution >= 0.6 is 0 Å². The van der Waals surface area contributed by atoms with Crippen LogP contribution in [-0.4, -0.2) is 61.7 Å². The molecule has 2 heterocycles. The Balaban J connectivity index is 1.87. The van der Waals surface area contributed by atoms with Crippen molar-refractivity contribution < 1.29 is 14.3 Å². The van der Waals surface area contributed by atoms with Crippen LogP contribution in [0.3, 0.4) is 0 Å². The van der Waals surface area contributed by atoms with Crippen LogP contribution in [0.5, 0.6) is 0 Å². The van der Waals surface area contributed by atoms with Gasteiger partial charge in [-0.2, -0.15) is 0 Å². The number of hydrogen-bond donors (Lipinski definition) is 1. The molecule has 126 valence electrons. The van der Waals surface area contributed by atoms with E-state index in [0.717, 1.165) is 18.7 Å². The molecule has 23 heavy (non-hydrogen) atoms. The molecule has 0 saturated carbocycles. The second-order valence-electron chi connectivity index (χ2n) is 5.73. The first kappa shape index (κ1) is 17.1. The predicted molar refractivity (Wildman–Crippen MR) is 87.6 cm³/mol. The summed E-state index contributed by atoms with van der Waals surface area (Å²) in [7, 11) is 3.77. The van der Waals surface area contributed by atoms with E-state index < -0.39 is 0 Å². The number of piperidine rings is 1. The lowest BCUT2D eigenvalue weighted by Crippen LogP contribution is -2.46. The molecular formula is C16H24N4O3. The van der Waals surface area contributed by atoms with Crippen molar-refractivity contribution >= 4 is 17.8 Å². The predicted octanol–water partition coefficient (Wildman–Crippen LogP) is 1.50. The van der Waals surface area contributed by atoms with Crippen molar-refractivity contribution in [2.45, 2.75) is 25.8 Å². The number of pyridine rings is 1. The smallest absolute Gasteiger partial charge is 0.409 e. The molecule has 1 fully saturated rings. The first-order chi connectivity index (χ1) is 11.0. The summed E-state index contributed by atoms with van der Waals surface area (Å²) < 4.78 is 4.99. The Morgan fingerprint density at radius 2 is 2.09 bits per heavy atom. The Morgan fingerprint density at radius 3 is 2.70 bits per heavy atom. The minimum Gasteiger partial charge on any atom is -0.450 e. The third-order valence-electron chi connectivity index (χ3n) is 3.82. The van der Waals surface area contributed by atoms with Gasteiger partial charge in [0.15, 0.2) is 0 Å². The molecule has 2 rings (SSSR count). The maximum atomic E-state index is 12.3. The summed E-state index contributed by atoms with van der Waals surface area (Å²) >= 11 is 0. The van der Waals surface area contributed by atoms with E-state index in [4.69, 9.17) is 4.74 Å². The van der Waals surface area contributed by atoms with Crippen molar-refractivity contribution in [3.05, 3.63) is 23.9 Å². The van der Waals surface area contributed by atoms with Crippen LogP contribution in [0.2, 0.25) is 0 Å². The number of carbonyl (C=O) groups is 2. The van der Waals surface area contributed by atoms with Gasteiger partial charge in [-0.05, 0) is 31.9 Å². The number of carbonyl (C=O) groups excluding carboxylic acids is 2. The molecule has 1 aliphatic rings. The minimum absolute atomic E-state index is 0.0733. The number of ether oxygens (including phenoxy) is 1. The lowest BCUT2D eigenvalue weighted by atomic mass is 10.0. The topological polar surface area (TPSA) is 74.8 Å². The number of rotatable bonds is 4. The molecule has 7 heteroatoms. The zero-order chi connectivity index (χ0) is 16.8. The molecule has 0 atom stereocenters. The minimum atomic E-state index is -0.276. The molecule has 1 N–H and O–H groups in total. The molecule has 1 saturated heterocycles. The average Bonchev–Trinajstić information content (AvgIpc) is 2.55. The lowest BCUT2D eigenvalue weighted by Gasteiger charge is -2.31. The van der Waals surface area contributed by atoms with Crippen LogP contribution in [0.1, 0.15) is 30.1 Å². The fourth-order valence-corrected chi connectivity index (χ4v) is 2.49. The second-order valence-corrected chi connectivity index (χ2v) is 5.73. The first-order valence-electron chi connectivity index (χ1n) is 7.87. The highest BCUT2D eigenvalue weighted by Crippen LogP contribution is 2.14. The second kappa shape index (κ2) is 7.80. The van der Waals surface area contributed by atoms with Crippen LogP contribution in [0.15, 0.2) is 18.3 Å². The Morgan fingerprint density at radius 1 is 1.39 bits per heavy atom. The van der Waals surface area contributed by atoms with Crippen molar-refractivity contribution in [3.63, 3.8) is 0 Å². The van der Waals surface area contributed by atoms with Gasteiger partial charge >= 0.3 is 6.09 Å². The van der Waals surface area contributed by atoms with Gasteiger partial charge < -0.3 is 19.9 Å². The van der Waals surface area contributed by atoms with E-state index in [0.29, 0.717) is 25.3 Å². The fraction of sp³-hybridized carbons (Fsp3) is 0.562. The van der Waals surface area contributed by atoms with Gasteiger partial charge in [-0.15, -0.1) is 0 Å². The Kier molecular flexibility index (Phi) is 5.78. The van der Waals surface area contributed by atoms with E-state index in [1.54, 1.807) is 30.2 Å². The van der Waals surface area contributed by atoms with Gasteiger partial charge in [0.25, 0.3) is 5.91 Å². The molecular weight excluding hydrogens is 296 g/mol. The van der Waals surface area contributed by atoms with Crippen molar-refractivity contribution in [1.82, 2.24) is 15.2 Å². The summed E-state index contributed by atoms with van der Waals surface area (Å²) in [6, 6.07) is 3.54. The largest absolute Gasteiger partial charge is 0.450 e. The Labute approximate surface area is 136 Å². The molecule has 0 aliphatic carbocycles. The number of hydrogen-bond acceptors (Lipinski definition) is 5. The number of nitrogens with one attached hydrogen (secondary N) is 1. The molecule has 1 aromatic heterocycles. The molecule has 0 radical (unpaired) electrons. The lowest BCUT2D eigenvalue weighted by molar-refractivity contribution is 0.0860. The molecule has 7 nitrogen and oxygen atoms in total. The van der Waals surface area contributed by atoms with E-state index in [1.807, 2.05) is 19.0 Å². The van der Waals surface area contributed by atoms with Crippen LogP contribution < -0.4 is 10.2 Å². The van der Waals surface area contributed by atoms with E-state index in [9.17, 15) is 9.59 Å². The Bertz CT molecular complexity index is 554. The van der Waals surface area contributed by atoms with Gasteiger partial charge in [-0.25, -0.2) is 9.78 Å². The summed E-state index contributed by atoms with van der Waals surface area (Å²) in [4.78, 5) is 31.7. The molecule has 0 unspecified atom stereocenters. The van der Waals surface area contributed by atoms with E-state index >= 15 is 0 Å². The first-order valence-corrected chi connectivity index (χ1v) is 7.87. The number of likely N-dealkylation sites (tertiary alicyclic amines) is 1. The van der Waals surface area contributed by atoms with Gasteiger partial charge in [0.2, 0.25) is 0 Å². The summed E-state index contributed by atoms with van der Waals surface area (Å²) in [5.74, 6) is 0.639. The maximum Gasteiger partial charge on any atom is 0.409 e. The molecule has 1 aromatic rings. The number of anilines is 1. The maximum absolute atomic E-state index is 12.3.